The summed E-state index contributed by atoms with van der Waals surface area (Å²) in [5, 5.41) is 4.22. The standard InChI is InChI=1S/C15H20N2O2S/c1-15-10-12(11-6-3-4-7-13(11)19-15)16-14(20)17(15)8-5-9-18-2/h3-4,6-7,12H,5,8-10H2,1-2H3,(H,16,20)/t12-,15-/m0/s1. The number of methoxy groups -OCH3 is 1. The molecular formula is C15H20N2O2S. The van der Waals surface area contributed by atoms with Gasteiger partial charge >= 0.3 is 0 Å². The van der Waals surface area contributed by atoms with Crippen LogP contribution in [0.4, 0.5) is 0 Å². The van der Waals surface area contributed by atoms with E-state index in [-0.39, 0.29) is 11.8 Å². The Kier molecular flexibility index (Phi) is 3.56. The van der Waals surface area contributed by atoms with E-state index in [0.29, 0.717) is 0 Å². The lowest BCUT2D eigenvalue weighted by molar-refractivity contribution is -0.0698. The first-order valence-electron chi connectivity index (χ1n) is 6.99. The van der Waals surface area contributed by atoms with E-state index in [2.05, 4.69) is 23.2 Å². The number of benzene rings is 1. The second-order valence-electron chi connectivity index (χ2n) is 5.52. The maximum absolute atomic E-state index is 6.26. The first kappa shape index (κ1) is 13.6. The molecule has 0 amide bonds. The Morgan fingerprint density at radius 3 is 3.10 bits per heavy atom. The van der Waals surface area contributed by atoms with E-state index >= 15 is 0 Å². The van der Waals surface area contributed by atoms with Gasteiger partial charge < -0.3 is 19.7 Å². The fraction of sp³-hybridized carbons (Fsp3) is 0.533. The molecule has 3 rings (SSSR count). The number of rotatable bonds is 4. The summed E-state index contributed by atoms with van der Waals surface area (Å²) in [5.74, 6) is 0.956. The van der Waals surface area contributed by atoms with Crippen molar-refractivity contribution in [3.05, 3.63) is 29.8 Å². The minimum Gasteiger partial charge on any atom is -0.468 e. The molecule has 20 heavy (non-hydrogen) atoms. The molecule has 0 radical (unpaired) electrons. The molecule has 0 aromatic heterocycles. The second-order valence-corrected chi connectivity index (χ2v) is 5.91. The molecule has 1 aromatic rings. The molecule has 0 unspecified atom stereocenters. The third-order valence-corrected chi connectivity index (χ3v) is 4.39. The summed E-state index contributed by atoms with van der Waals surface area (Å²) in [6.45, 7) is 3.69. The predicted octanol–water partition coefficient (Wildman–Crippen LogP) is 2.45. The molecule has 0 aliphatic carbocycles. The smallest absolute Gasteiger partial charge is 0.184 e. The maximum atomic E-state index is 6.26. The Morgan fingerprint density at radius 1 is 1.50 bits per heavy atom. The van der Waals surface area contributed by atoms with E-state index in [1.165, 1.54) is 5.56 Å². The summed E-state index contributed by atoms with van der Waals surface area (Å²) < 4.78 is 11.4. The number of nitrogens with zero attached hydrogens (tertiary/aromatic N) is 1. The fourth-order valence-corrected chi connectivity index (χ4v) is 3.50. The third-order valence-electron chi connectivity index (χ3n) is 4.05. The lowest BCUT2D eigenvalue weighted by atomic mass is 9.90. The quantitative estimate of drug-likeness (QED) is 0.681. The maximum Gasteiger partial charge on any atom is 0.184 e. The van der Waals surface area contributed by atoms with E-state index in [1.807, 2.05) is 18.2 Å². The molecule has 2 bridgehead atoms. The van der Waals surface area contributed by atoms with Gasteiger partial charge in [-0.05, 0) is 31.6 Å². The lowest BCUT2D eigenvalue weighted by Crippen LogP contribution is -2.64. The summed E-state index contributed by atoms with van der Waals surface area (Å²) in [7, 11) is 1.72. The van der Waals surface area contributed by atoms with E-state index in [0.717, 1.165) is 36.9 Å². The molecule has 1 fully saturated rings. The molecule has 4 nitrogen and oxygen atoms in total. The highest BCUT2D eigenvalue weighted by Crippen LogP contribution is 2.43. The van der Waals surface area contributed by atoms with Crippen molar-refractivity contribution in [1.82, 2.24) is 10.2 Å². The Labute approximate surface area is 125 Å². The van der Waals surface area contributed by atoms with E-state index in [4.69, 9.17) is 21.7 Å². The SMILES string of the molecule is COCCCN1C(=S)N[C@H]2C[C@]1(C)Oc1ccccc12. The summed E-state index contributed by atoms with van der Waals surface area (Å²) in [4.78, 5) is 2.15. The summed E-state index contributed by atoms with van der Waals surface area (Å²) in [6.07, 6.45) is 1.83. The fourth-order valence-electron chi connectivity index (χ4n) is 3.07. The van der Waals surface area contributed by atoms with Gasteiger partial charge in [-0.2, -0.15) is 0 Å². The Balaban J connectivity index is 1.86. The van der Waals surface area contributed by atoms with Crippen LogP contribution in [0.15, 0.2) is 24.3 Å². The van der Waals surface area contributed by atoms with E-state index < -0.39 is 0 Å². The second kappa shape index (κ2) is 5.22. The van der Waals surface area contributed by atoms with Gasteiger partial charge in [-0.3, -0.25) is 0 Å². The summed E-state index contributed by atoms with van der Waals surface area (Å²) in [6, 6.07) is 8.44. The van der Waals surface area contributed by atoms with E-state index in [1.54, 1.807) is 7.11 Å². The van der Waals surface area contributed by atoms with Gasteiger partial charge in [0.05, 0.1) is 6.04 Å². The molecule has 2 aliphatic heterocycles. The minimum absolute atomic E-state index is 0.246. The molecule has 1 saturated heterocycles. The lowest BCUT2D eigenvalue weighted by Gasteiger charge is -2.52. The zero-order valence-corrected chi connectivity index (χ0v) is 12.7. The predicted molar refractivity (Wildman–Crippen MR) is 81.8 cm³/mol. The highest BCUT2D eigenvalue weighted by atomic mass is 32.1. The van der Waals surface area contributed by atoms with Gasteiger partial charge in [0.1, 0.15) is 5.75 Å². The molecular weight excluding hydrogens is 272 g/mol. The van der Waals surface area contributed by atoms with Crippen molar-refractivity contribution >= 4 is 17.3 Å². The van der Waals surface area contributed by atoms with Crippen molar-refractivity contribution in [3.8, 4) is 5.75 Å². The molecule has 1 aromatic carbocycles. The van der Waals surface area contributed by atoms with Gasteiger partial charge in [0.15, 0.2) is 10.8 Å². The van der Waals surface area contributed by atoms with Crippen LogP contribution < -0.4 is 10.1 Å². The molecule has 5 heteroatoms. The number of ether oxygens (including phenoxy) is 2. The molecule has 0 saturated carbocycles. The van der Waals surface area contributed by atoms with Gasteiger partial charge in [-0.1, -0.05) is 18.2 Å². The van der Waals surface area contributed by atoms with Gasteiger partial charge in [0.25, 0.3) is 0 Å². The number of hydrogen-bond donors (Lipinski definition) is 1. The Hall–Kier alpha value is -1.33. The van der Waals surface area contributed by atoms with Crippen molar-refractivity contribution in [2.75, 3.05) is 20.3 Å². The first-order valence-corrected chi connectivity index (χ1v) is 7.40. The number of hydrogen-bond acceptors (Lipinski definition) is 3. The number of thiocarbonyl (C=S) groups is 1. The molecule has 2 aliphatic rings. The molecule has 2 atom stereocenters. The van der Waals surface area contributed by atoms with Crippen LogP contribution in [0.25, 0.3) is 0 Å². The minimum atomic E-state index is -0.366. The average molecular weight is 292 g/mol. The summed E-state index contributed by atoms with van der Waals surface area (Å²) in [5.41, 5.74) is 0.832. The van der Waals surface area contributed by atoms with Gasteiger partial charge in [-0.25, -0.2) is 0 Å². The van der Waals surface area contributed by atoms with Gasteiger partial charge in [0, 0.05) is 32.2 Å². The molecule has 1 N–H and O–H groups in total. The van der Waals surface area contributed by atoms with Crippen molar-refractivity contribution < 1.29 is 9.47 Å². The number of fused-ring (bicyclic) bond motifs is 4. The normalized spacial score (nSPS) is 27.6. The van der Waals surface area contributed by atoms with Gasteiger partial charge in [-0.15, -0.1) is 0 Å². The number of nitrogens with one attached hydrogen (secondary N) is 1. The zero-order valence-electron chi connectivity index (χ0n) is 11.9. The van der Waals surface area contributed by atoms with Crippen molar-refractivity contribution in [2.24, 2.45) is 0 Å². The van der Waals surface area contributed by atoms with Crippen LogP contribution in [0.3, 0.4) is 0 Å². The third kappa shape index (κ3) is 2.25. The van der Waals surface area contributed by atoms with E-state index in [9.17, 15) is 0 Å². The van der Waals surface area contributed by atoms with Crippen LogP contribution in [-0.2, 0) is 4.74 Å². The zero-order chi connectivity index (χ0) is 14.2. The molecule has 0 spiro atoms. The van der Waals surface area contributed by atoms with Crippen molar-refractivity contribution in [2.45, 2.75) is 31.5 Å². The van der Waals surface area contributed by atoms with Crippen LogP contribution in [-0.4, -0.2) is 36.0 Å². The number of para-hydroxylation sites is 1. The van der Waals surface area contributed by atoms with Crippen molar-refractivity contribution in [1.29, 1.82) is 0 Å². The highest BCUT2D eigenvalue weighted by Gasteiger charge is 2.47. The molecule has 2 heterocycles. The van der Waals surface area contributed by atoms with Crippen LogP contribution in [0.2, 0.25) is 0 Å². The van der Waals surface area contributed by atoms with Gasteiger partial charge in [0.2, 0.25) is 0 Å². The first-order chi connectivity index (χ1) is 9.64. The van der Waals surface area contributed by atoms with Crippen molar-refractivity contribution in [3.63, 3.8) is 0 Å². The summed E-state index contributed by atoms with van der Waals surface area (Å²) >= 11 is 5.53. The largest absolute Gasteiger partial charge is 0.468 e. The highest BCUT2D eigenvalue weighted by molar-refractivity contribution is 7.80. The monoisotopic (exact) mass is 292 g/mol. The Bertz CT molecular complexity index is 522. The molecule has 108 valence electrons. The van der Waals surface area contributed by atoms with Crippen LogP contribution >= 0.6 is 12.2 Å². The van der Waals surface area contributed by atoms with Crippen LogP contribution in [0.1, 0.15) is 31.4 Å². The van der Waals surface area contributed by atoms with Crippen LogP contribution in [0.5, 0.6) is 5.75 Å². The average Bonchev–Trinajstić information content (AvgIpc) is 2.42. The Morgan fingerprint density at radius 2 is 2.30 bits per heavy atom. The van der Waals surface area contributed by atoms with Crippen LogP contribution in [0, 0.1) is 0 Å². The topological polar surface area (TPSA) is 33.7 Å².